The fourth-order valence-electron chi connectivity index (χ4n) is 2.28. The number of hydrogen-bond donors (Lipinski definition) is 0. The highest BCUT2D eigenvalue weighted by Crippen LogP contribution is 2.33. The van der Waals surface area contributed by atoms with E-state index in [4.69, 9.17) is 14.2 Å². The molecule has 0 bridgehead atoms. The van der Waals surface area contributed by atoms with Crippen molar-refractivity contribution in [3.05, 3.63) is 51.5 Å². The number of hydrogen-bond acceptors (Lipinski definition) is 4. The Hall–Kier alpha value is -2.01. The summed E-state index contributed by atoms with van der Waals surface area (Å²) in [6.07, 6.45) is 0.825. The van der Waals surface area contributed by atoms with Crippen molar-refractivity contribution in [2.24, 2.45) is 0 Å². The van der Waals surface area contributed by atoms with Gasteiger partial charge in [-0.3, -0.25) is 4.79 Å². The molecule has 0 fully saturated rings. The highest BCUT2D eigenvalue weighted by molar-refractivity contribution is 9.10. The first kappa shape index (κ1) is 18.3. The van der Waals surface area contributed by atoms with E-state index in [9.17, 15) is 4.79 Å². The molecule has 2 aromatic carbocycles. The van der Waals surface area contributed by atoms with Gasteiger partial charge in [0.15, 0.2) is 11.5 Å². The standard InChI is InChI=1S/C19H21BrO4/c1-12-5-7-15(9-13(12)2)24-19(21)8-6-14-10-17(22-3)18(23-4)11-16(14)20/h5,7,9-11H,6,8H2,1-4H3. The van der Waals surface area contributed by atoms with Crippen LogP contribution < -0.4 is 14.2 Å². The Kier molecular flexibility index (Phi) is 6.26. The predicted octanol–water partition coefficient (Wildman–Crippen LogP) is 4.62. The largest absolute Gasteiger partial charge is 0.493 e. The first-order valence-electron chi connectivity index (χ1n) is 7.63. The van der Waals surface area contributed by atoms with Crippen molar-refractivity contribution in [2.45, 2.75) is 26.7 Å². The summed E-state index contributed by atoms with van der Waals surface area (Å²) in [6, 6.07) is 9.34. The van der Waals surface area contributed by atoms with Crippen LogP contribution in [0.4, 0.5) is 0 Å². The van der Waals surface area contributed by atoms with Gasteiger partial charge >= 0.3 is 5.97 Å². The summed E-state index contributed by atoms with van der Waals surface area (Å²) in [5.41, 5.74) is 3.23. The van der Waals surface area contributed by atoms with Gasteiger partial charge < -0.3 is 14.2 Å². The molecule has 0 saturated heterocycles. The third kappa shape index (κ3) is 4.51. The summed E-state index contributed by atoms with van der Waals surface area (Å²) >= 11 is 3.50. The van der Waals surface area contributed by atoms with Crippen molar-refractivity contribution in [3.63, 3.8) is 0 Å². The molecule has 0 amide bonds. The van der Waals surface area contributed by atoms with Crippen LogP contribution in [0.2, 0.25) is 0 Å². The third-order valence-electron chi connectivity index (χ3n) is 3.86. The molecule has 2 aromatic rings. The molecule has 128 valence electrons. The summed E-state index contributed by atoms with van der Waals surface area (Å²) < 4.78 is 16.8. The van der Waals surface area contributed by atoms with Crippen LogP contribution in [-0.2, 0) is 11.2 Å². The Morgan fingerprint density at radius 2 is 1.67 bits per heavy atom. The fraction of sp³-hybridized carbons (Fsp3) is 0.316. The predicted molar refractivity (Wildman–Crippen MR) is 97.1 cm³/mol. The molecule has 0 heterocycles. The zero-order chi connectivity index (χ0) is 17.7. The van der Waals surface area contributed by atoms with Crippen LogP contribution in [0.5, 0.6) is 17.2 Å². The summed E-state index contributed by atoms with van der Waals surface area (Å²) in [5.74, 6) is 1.60. The van der Waals surface area contributed by atoms with E-state index in [2.05, 4.69) is 15.9 Å². The van der Waals surface area contributed by atoms with E-state index in [-0.39, 0.29) is 12.4 Å². The number of esters is 1. The van der Waals surface area contributed by atoms with Gasteiger partial charge in [0, 0.05) is 4.47 Å². The second kappa shape index (κ2) is 8.20. The molecule has 0 saturated carbocycles. The first-order chi connectivity index (χ1) is 11.4. The summed E-state index contributed by atoms with van der Waals surface area (Å²) in [4.78, 5) is 12.1. The molecule has 0 aliphatic rings. The molecular weight excluding hydrogens is 372 g/mol. The maximum atomic E-state index is 12.1. The van der Waals surface area contributed by atoms with Crippen LogP contribution in [0.1, 0.15) is 23.1 Å². The van der Waals surface area contributed by atoms with Gasteiger partial charge in [-0.25, -0.2) is 0 Å². The van der Waals surface area contributed by atoms with Crippen molar-refractivity contribution < 1.29 is 19.0 Å². The molecule has 0 aliphatic carbocycles. The highest BCUT2D eigenvalue weighted by Gasteiger charge is 2.12. The molecule has 5 heteroatoms. The van der Waals surface area contributed by atoms with E-state index in [1.165, 1.54) is 5.56 Å². The Balaban J connectivity index is 2.02. The van der Waals surface area contributed by atoms with Crippen LogP contribution in [-0.4, -0.2) is 20.2 Å². The SMILES string of the molecule is COc1cc(Br)c(CCC(=O)Oc2ccc(C)c(C)c2)cc1OC. The average Bonchev–Trinajstić information content (AvgIpc) is 2.56. The lowest BCUT2D eigenvalue weighted by molar-refractivity contribution is -0.134. The number of benzene rings is 2. The summed E-state index contributed by atoms with van der Waals surface area (Å²) in [5, 5.41) is 0. The van der Waals surface area contributed by atoms with Crippen molar-refractivity contribution in [3.8, 4) is 17.2 Å². The number of carbonyl (C=O) groups excluding carboxylic acids is 1. The molecule has 0 aliphatic heterocycles. The lowest BCUT2D eigenvalue weighted by Gasteiger charge is -2.12. The van der Waals surface area contributed by atoms with Gasteiger partial charge in [-0.1, -0.05) is 22.0 Å². The van der Waals surface area contributed by atoms with Crippen molar-refractivity contribution in [1.82, 2.24) is 0 Å². The molecule has 4 nitrogen and oxygen atoms in total. The van der Waals surface area contributed by atoms with Gasteiger partial charge in [0.25, 0.3) is 0 Å². The lowest BCUT2D eigenvalue weighted by atomic mass is 10.1. The first-order valence-corrected chi connectivity index (χ1v) is 8.42. The summed E-state index contributed by atoms with van der Waals surface area (Å²) in [7, 11) is 3.18. The molecule has 2 rings (SSSR count). The Morgan fingerprint density at radius 3 is 2.29 bits per heavy atom. The quantitative estimate of drug-likeness (QED) is 0.531. The molecule has 0 unspecified atom stereocenters. The minimum absolute atomic E-state index is 0.264. The van der Waals surface area contributed by atoms with Crippen LogP contribution in [0.3, 0.4) is 0 Å². The topological polar surface area (TPSA) is 44.8 Å². The zero-order valence-electron chi connectivity index (χ0n) is 14.3. The second-order valence-corrected chi connectivity index (χ2v) is 6.37. The Bertz CT molecular complexity index is 740. The highest BCUT2D eigenvalue weighted by atomic mass is 79.9. The molecule has 0 aromatic heterocycles. The molecule has 0 atom stereocenters. The van der Waals surface area contributed by atoms with Gasteiger partial charge in [0.1, 0.15) is 5.75 Å². The maximum Gasteiger partial charge on any atom is 0.311 e. The van der Waals surface area contributed by atoms with Crippen molar-refractivity contribution >= 4 is 21.9 Å². The van der Waals surface area contributed by atoms with E-state index in [0.29, 0.717) is 23.7 Å². The van der Waals surface area contributed by atoms with Crippen LogP contribution in [0.25, 0.3) is 0 Å². The Morgan fingerprint density at radius 1 is 1.00 bits per heavy atom. The van der Waals surface area contributed by atoms with Crippen molar-refractivity contribution in [1.29, 1.82) is 0 Å². The number of aryl methyl sites for hydroxylation is 3. The Labute approximate surface area is 150 Å². The lowest BCUT2D eigenvalue weighted by Crippen LogP contribution is -2.09. The van der Waals surface area contributed by atoms with Crippen LogP contribution in [0, 0.1) is 13.8 Å². The molecular formula is C19H21BrO4. The zero-order valence-corrected chi connectivity index (χ0v) is 15.9. The fourth-order valence-corrected chi connectivity index (χ4v) is 2.81. The number of halogens is 1. The third-order valence-corrected chi connectivity index (χ3v) is 4.60. The monoisotopic (exact) mass is 392 g/mol. The van der Waals surface area contributed by atoms with Gasteiger partial charge in [0.2, 0.25) is 0 Å². The molecule has 24 heavy (non-hydrogen) atoms. The molecule has 0 radical (unpaired) electrons. The minimum Gasteiger partial charge on any atom is -0.493 e. The van der Waals surface area contributed by atoms with E-state index in [0.717, 1.165) is 15.6 Å². The molecule has 0 spiro atoms. The minimum atomic E-state index is -0.264. The van der Waals surface area contributed by atoms with Gasteiger partial charge in [-0.15, -0.1) is 0 Å². The van der Waals surface area contributed by atoms with Crippen LogP contribution in [0.15, 0.2) is 34.8 Å². The average molecular weight is 393 g/mol. The van der Waals surface area contributed by atoms with E-state index in [1.54, 1.807) is 14.2 Å². The normalized spacial score (nSPS) is 10.4. The smallest absolute Gasteiger partial charge is 0.311 e. The molecule has 0 N–H and O–H groups in total. The van der Waals surface area contributed by atoms with E-state index >= 15 is 0 Å². The second-order valence-electron chi connectivity index (χ2n) is 5.52. The number of ether oxygens (including phenoxy) is 3. The summed E-state index contributed by atoms with van der Waals surface area (Å²) in [6.45, 7) is 4.02. The van der Waals surface area contributed by atoms with Crippen LogP contribution >= 0.6 is 15.9 Å². The van der Waals surface area contributed by atoms with Gasteiger partial charge in [0.05, 0.1) is 20.6 Å². The van der Waals surface area contributed by atoms with E-state index < -0.39 is 0 Å². The van der Waals surface area contributed by atoms with Gasteiger partial charge in [-0.2, -0.15) is 0 Å². The van der Waals surface area contributed by atoms with Gasteiger partial charge in [-0.05, 0) is 61.2 Å². The maximum absolute atomic E-state index is 12.1. The van der Waals surface area contributed by atoms with E-state index in [1.807, 2.05) is 44.2 Å². The number of carbonyl (C=O) groups is 1. The van der Waals surface area contributed by atoms with Crippen molar-refractivity contribution in [2.75, 3.05) is 14.2 Å². The number of rotatable bonds is 6. The number of methoxy groups -OCH3 is 2.